The van der Waals surface area contributed by atoms with E-state index in [0.717, 1.165) is 0 Å². The quantitative estimate of drug-likeness (QED) is 0.730. The number of hydrogen-bond acceptors (Lipinski definition) is 4. The number of carboxylic acids is 1. The van der Waals surface area contributed by atoms with E-state index in [2.05, 4.69) is 5.16 Å². The molecule has 0 N–H and O–H groups in total. The van der Waals surface area contributed by atoms with Crippen LogP contribution in [0.2, 0.25) is 0 Å². The molecule has 4 nitrogen and oxygen atoms in total. The summed E-state index contributed by atoms with van der Waals surface area (Å²) in [7, 11) is 0. The highest BCUT2D eigenvalue weighted by atomic mass is 19.1. The first kappa shape index (κ1) is 10.6. The van der Waals surface area contributed by atoms with Crippen LogP contribution in [0.15, 0.2) is 29.4 Å². The van der Waals surface area contributed by atoms with Crippen LogP contribution in [-0.2, 0) is 9.63 Å². The Balaban J connectivity index is 2.20. The lowest BCUT2D eigenvalue weighted by Crippen LogP contribution is -2.46. The molecule has 2 rings (SSSR count). The predicted molar refractivity (Wildman–Crippen MR) is 52.1 cm³/mol. The van der Waals surface area contributed by atoms with Gasteiger partial charge in [-0.15, -0.1) is 0 Å². The van der Waals surface area contributed by atoms with Gasteiger partial charge in [0.05, 0.1) is 11.7 Å². The zero-order valence-corrected chi connectivity index (χ0v) is 8.57. The van der Waals surface area contributed by atoms with Gasteiger partial charge in [-0.1, -0.05) is 17.3 Å². The largest absolute Gasteiger partial charge is 0.546 e. The Morgan fingerprint density at radius 1 is 1.50 bits per heavy atom. The van der Waals surface area contributed by atoms with Crippen LogP contribution in [-0.4, -0.2) is 17.3 Å². The average molecular weight is 222 g/mol. The minimum absolute atomic E-state index is 0.112. The van der Waals surface area contributed by atoms with E-state index in [1.807, 2.05) is 0 Å². The van der Waals surface area contributed by atoms with Crippen LogP contribution >= 0.6 is 0 Å². The lowest BCUT2D eigenvalue weighted by molar-refractivity contribution is -0.324. The van der Waals surface area contributed by atoms with E-state index in [-0.39, 0.29) is 12.2 Å². The van der Waals surface area contributed by atoms with Crippen molar-refractivity contribution in [1.82, 2.24) is 0 Å². The minimum atomic E-state index is -1.43. The summed E-state index contributed by atoms with van der Waals surface area (Å²) in [6, 6.07) is 5.62. The maximum absolute atomic E-state index is 12.7. The number of aliphatic carboxylic acids is 1. The van der Waals surface area contributed by atoms with Gasteiger partial charge in [-0.2, -0.15) is 0 Å². The van der Waals surface area contributed by atoms with Crippen molar-refractivity contribution in [3.05, 3.63) is 35.6 Å². The standard InChI is InChI=1S/C11H10FNO3/c1-11(10(14)15)6-9(13-16-11)7-2-4-8(12)5-3-7/h2-5H,6H2,1H3,(H,14,15)/p-1/t11-/m1/s1. The third-order valence-electron chi connectivity index (χ3n) is 2.47. The maximum Gasteiger partial charge on any atom is 0.179 e. The second-order valence-corrected chi connectivity index (χ2v) is 3.83. The highest BCUT2D eigenvalue weighted by Crippen LogP contribution is 2.25. The number of hydrogen-bond donors (Lipinski definition) is 0. The first-order chi connectivity index (χ1) is 7.51. The summed E-state index contributed by atoms with van der Waals surface area (Å²) in [4.78, 5) is 15.6. The molecular weight excluding hydrogens is 213 g/mol. The Bertz CT molecular complexity index is 455. The monoisotopic (exact) mass is 222 g/mol. The van der Waals surface area contributed by atoms with Gasteiger partial charge < -0.3 is 14.7 Å². The second kappa shape index (κ2) is 3.59. The number of carboxylic acid groups (broad SMARTS) is 1. The van der Waals surface area contributed by atoms with Crippen LogP contribution in [0.4, 0.5) is 4.39 Å². The number of carbonyl (C=O) groups excluding carboxylic acids is 1. The van der Waals surface area contributed by atoms with Crippen LogP contribution in [0.1, 0.15) is 18.9 Å². The van der Waals surface area contributed by atoms with Gasteiger partial charge in [-0.25, -0.2) is 4.39 Å². The van der Waals surface area contributed by atoms with Crippen molar-refractivity contribution in [2.45, 2.75) is 18.9 Å². The Morgan fingerprint density at radius 3 is 2.62 bits per heavy atom. The molecule has 1 aliphatic rings. The molecule has 0 saturated heterocycles. The highest BCUT2D eigenvalue weighted by Gasteiger charge is 2.36. The molecule has 0 fully saturated rings. The Kier molecular flexibility index (Phi) is 2.38. The molecule has 1 atom stereocenters. The van der Waals surface area contributed by atoms with Crippen LogP contribution in [0.5, 0.6) is 0 Å². The molecule has 0 radical (unpaired) electrons. The molecule has 5 heteroatoms. The fraction of sp³-hybridized carbons (Fsp3) is 0.273. The Hall–Kier alpha value is -1.91. The third kappa shape index (κ3) is 1.76. The third-order valence-corrected chi connectivity index (χ3v) is 2.47. The van der Waals surface area contributed by atoms with Crippen molar-refractivity contribution < 1.29 is 19.1 Å². The van der Waals surface area contributed by atoms with Crippen molar-refractivity contribution in [3.8, 4) is 0 Å². The molecular formula is C11H9FNO3-. The van der Waals surface area contributed by atoms with E-state index in [0.29, 0.717) is 11.3 Å². The van der Waals surface area contributed by atoms with E-state index in [4.69, 9.17) is 4.84 Å². The highest BCUT2D eigenvalue weighted by molar-refractivity contribution is 6.04. The Morgan fingerprint density at radius 2 is 2.12 bits per heavy atom. The molecule has 1 aromatic rings. The topological polar surface area (TPSA) is 61.7 Å². The lowest BCUT2D eigenvalue weighted by Gasteiger charge is -2.21. The first-order valence-corrected chi connectivity index (χ1v) is 4.74. The maximum atomic E-state index is 12.7. The smallest absolute Gasteiger partial charge is 0.179 e. The summed E-state index contributed by atoms with van der Waals surface area (Å²) in [6.07, 6.45) is 0.112. The molecule has 0 spiro atoms. The van der Waals surface area contributed by atoms with Crippen molar-refractivity contribution >= 4 is 11.7 Å². The van der Waals surface area contributed by atoms with Gasteiger partial charge >= 0.3 is 0 Å². The van der Waals surface area contributed by atoms with Crippen molar-refractivity contribution in [2.24, 2.45) is 5.16 Å². The van der Waals surface area contributed by atoms with E-state index < -0.39 is 11.6 Å². The van der Waals surface area contributed by atoms with Gasteiger partial charge in [-0.3, -0.25) is 0 Å². The molecule has 1 heterocycles. The van der Waals surface area contributed by atoms with Gasteiger partial charge in [0.1, 0.15) is 5.82 Å². The molecule has 1 aliphatic heterocycles. The lowest BCUT2D eigenvalue weighted by atomic mass is 9.96. The number of rotatable bonds is 2. The predicted octanol–water partition coefficient (Wildman–Crippen LogP) is 0.459. The molecule has 0 unspecified atom stereocenters. The first-order valence-electron chi connectivity index (χ1n) is 4.74. The molecule has 16 heavy (non-hydrogen) atoms. The van der Waals surface area contributed by atoms with Crippen LogP contribution in [0, 0.1) is 5.82 Å². The summed E-state index contributed by atoms with van der Waals surface area (Å²) in [5.41, 5.74) is -0.304. The fourth-order valence-electron chi connectivity index (χ4n) is 1.45. The van der Waals surface area contributed by atoms with E-state index in [1.54, 1.807) is 0 Å². The average Bonchev–Trinajstić information content (AvgIpc) is 2.63. The molecule has 1 aromatic carbocycles. The van der Waals surface area contributed by atoms with Gasteiger partial charge in [0, 0.05) is 6.42 Å². The summed E-state index contributed by atoms with van der Waals surface area (Å²) in [5.74, 6) is -1.67. The summed E-state index contributed by atoms with van der Waals surface area (Å²) >= 11 is 0. The van der Waals surface area contributed by atoms with Crippen molar-refractivity contribution in [1.29, 1.82) is 0 Å². The number of halogens is 1. The van der Waals surface area contributed by atoms with Gasteiger partial charge in [0.2, 0.25) is 0 Å². The van der Waals surface area contributed by atoms with Gasteiger partial charge in [0.25, 0.3) is 0 Å². The summed E-state index contributed by atoms with van der Waals surface area (Å²) in [5, 5.41) is 14.5. The zero-order valence-electron chi connectivity index (χ0n) is 8.57. The zero-order chi connectivity index (χ0) is 11.8. The molecule has 0 aliphatic carbocycles. The Labute approximate surface area is 91.3 Å². The summed E-state index contributed by atoms with van der Waals surface area (Å²) < 4.78 is 12.7. The molecule has 0 saturated carbocycles. The number of nitrogens with zero attached hydrogens (tertiary/aromatic N) is 1. The molecule has 0 aromatic heterocycles. The number of carbonyl (C=O) groups is 1. The summed E-state index contributed by atoms with van der Waals surface area (Å²) in [6.45, 7) is 1.39. The fourth-order valence-corrected chi connectivity index (χ4v) is 1.45. The second-order valence-electron chi connectivity index (χ2n) is 3.83. The van der Waals surface area contributed by atoms with E-state index in [1.165, 1.54) is 31.2 Å². The van der Waals surface area contributed by atoms with Crippen molar-refractivity contribution in [2.75, 3.05) is 0 Å². The van der Waals surface area contributed by atoms with Gasteiger partial charge in [-0.05, 0) is 24.6 Å². The van der Waals surface area contributed by atoms with Crippen LogP contribution in [0.3, 0.4) is 0 Å². The van der Waals surface area contributed by atoms with E-state index >= 15 is 0 Å². The molecule has 0 amide bonds. The van der Waals surface area contributed by atoms with Gasteiger partial charge in [0.15, 0.2) is 5.60 Å². The number of oxime groups is 1. The van der Waals surface area contributed by atoms with Crippen LogP contribution in [0.25, 0.3) is 0 Å². The normalized spacial score (nSPS) is 23.8. The van der Waals surface area contributed by atoms with Crippen molar-refractivity contribution in [3.63, 3.8) is 0 Å². The van der Waals surface area contributed by atoms with Crippen LogP contribution < -0.4 is 5.11 Å². The minimum Gasteiger partial charge on any atom is -0.546 e. The SMILES string of the molecule is C[C@]1(C(=O)[O-])CC(c2ccc(F)cc2)=NO1. The number of benzene rings is 1. The molecule has 84 valence electrons. The molecule has 0 bridgehead atoms. The van der Waals surface area contributed by atoms with E-state index in [9.17, 15) is 14.3 Å².